The Labute approximate surface area is 55.9 Å². The van der Waals surface area contributed by atoms with Gasteiger partial charge >= 0.3 is 5.97 Å². The lowest BCUT2D eigenvalue weighted by Gasteiger charge is -1.71. The van der Waals surface area contributed by atoms with E-state index in [2.05, 4.69) is 6.92 Å². The number of aliphatic carboxylic acids is 1. The number of hydrogen-bond acceptors (Lipinski definition) is 1. The monoisotopic (exact) mass is 130 g/mol. The minimum atomic E-state index is -0.745. The molecule has 0 heterocycles. The lowest BCUT2D eigenvalue weighted by Crippen LogP contribution is -1.86. The first-order valence-electron chi connectivity index (χ1n) is 3.38. The summed E-state index contributed by atoms with van der Waals surface area (Å²) in [5, 5.41) is 7.72. The summed E-state index contributed by atoms with van der Waals surface area (Å²) in [6, 6.07) is 0. The van der Waals surface area contributed by atoms with Crippen LogP contribution in [0.4, 0.5) is 0 Å². The van der Waals surface area contributed by atoms with Crippen molar-refractivity contribution >= 4 is 5.97 Å². The Hall–Kier alpha value is -0.530. The summed E-state index contributed by atoms with van der Waals surface area (Å²) in [6.07, 6.45) is 3.19. The van der Waals surface area contributed by atoms with Gasteiger partial charge in [0, 0.05) is 6.42 Å². The SMILES string of the molecule is CC1CC1.CCC(=O)O. The van der Waals surface area contributed by atoms with Gasteiger partial charge in [0.2, 0.25) is 0 Å². The molecule has 2 nitrogen and oxygen atoms in total. The van der Waals surface area contributed by atoms with Gasteiger partial charge in [0.15, 0.2) is 0 Å². The number of carboxylic acids is 1. The van der Waals surface area contributed by atoms with Gasteiger partial charge in [0.05, 0.1) is 0 Å². The number of carboxylic acid groups (broad SMARTS) is 1. The standard InChI is InChI=1S/C4H8.C3H6O2/c1-4-2-3-4;1-2-3(4)5/h4H,2-3H2,1H3;2H2,1H3,(H,4,5). The van der Waals surface area contributed by atoms with E-state index in [1.54, 1.807) is 6.92 Å². The Morgan fingerprint density at radius 2 is 1.89 bits per heavy atom. The molecule has 0 spiro atoms. The third-order valence-corrected chi connectivity index (χ3v) is 1.17. The molecule has 1 aliphatic rings. The molecule has 0 unspecified atom stereocenters. The Morgan fingerprint density at radius 1 is 1.67 bits per heavy atom. The van der Waals surface area contributed by atoms with Crippen LogP contribution in [0.3, 0.4) is 0 Å². The maximum Gasteiger partial charge on any atom is 0.303 e. The second-order valence-electron chi connectivity index (χ2n) is 2.43. The fourth-order valence-electron chi connectivity index (χ4n) is 0.167. The van der Waals surface area contributed by atoms with E-state index in [9.17, 15) is 4.79 Å². The normalized spacial score (nSPS) is 15.8. The molecule has 0 atom stereocenters. The third-order valence-electron chi connectivity index (χ3n) is 1.17. The minimum Gasteiger partial charge on any atom is -0.481 e. The van der Waals surface area contributed by atoms with Crippen LogP contribution >= 0.6 is 0 Å². The molecule has 0 amide bonds. The molecule has 2 heteroatoms. The first kappa shape index (κ1) is 8.47. The molecule has 0 aromatic heterocycles. The van der Waals surface area contributed by atoms with Crippen molar-refractivity contribution in [3.05, 3.63) is 0 Å². The summed E-state index contributed by atoms with van der Waals surface area (Å²) in [7, 11) is 0. The maximum atomic E-state index is 9.37. The lowest BCUT2D eigenvalue weighted by atomic mass is 10.5. The summed E-state index contributed by atoms with van der Waals surface area (Å²) in [5.41, 5.74) is 0. The molecule has 0 aromatic rings. The Balaban J connectivity index is 0.000000144. The van der Waals surface area contributed by atoms with Gasteiger partial charge in [0.25, 0.3) is 0 Å². The van der Waals surface area contributed by atoms with Gasteiger partial charge in [-0.05, 0) is 5.92 Å². The molecular weight excluding hydrogens is 116 g/mol. The number of carbonyl (C=O) groups is 1. The average molecular weight is 130 g/mol. The van der Waals surface area contributed by atoms with Crippen molar-refractivity contribution in [2.75, 3.05) is 0 Å². The molecule has 54 valence electrons. The summed E-state index contributed by atoms with van der Waals surface area (Å²) >= 11 is 0. The van der Waals surface area contributed by atoms with Crippen molar-refractivity contribution in [2.24, 2.45) is 5.92 Å². The van der Waals surface area contributed by atoms with Crippen LogP contribution in [0.15, 0.2) is 0 Å². The van der Waals surface area contributed by atoms with Crippen LogP contribution in [0.5, 0.6) is 0 Å². The molecule has 0 aromatic carbocycles. The van der Waals surface area contributed by atoms with Gasteiger partial charge in [0.1, 0.15) is 0 Å². The topological polar surface area (TPSA) is 37.3 Å². The van der Waals surface area contributed by atoms with Gasteiger partial charge in [-0.1, -0.05) is 26.7 Å². The van der Waals surface area contributed by atoms with Gasteiger partial charge in [-0.15, -0.1) is 0 Å². The van der Waals surface area contributed by atoms with E-state index >= 15 is 0 Å². The minimum absolute atomic E-state index is 0.222. The van der Waals surface area contributed by atoms with Crippen LogP contribution in [-0.2, 0) is 4.79 Å². The smallest absolute Gasteiger partial charge is 0.303 e. The number of hydrogen-bond donors (Lipinski definition) is 1. The lowest BCUT2D eigenvalue weighted by molar-refractivity contribution is -0.136. The molecule has 1 aliphatic carbocycles. The van der Waals surface area contributed by atoms with E-state index in [-0.39, 0.29) is 6.42 Å². The second kappa shape index (κ2) is 4.36. The van der Waals surface area contributed by atoms with E-state index in [0.29, 0.717) is 0 Å². The Morgan fingerprint density at radius 3 is 1.89 bits per heavy atom. The van der Waals surface area contributed by atoms with E-state index in [1.165, 1.54) is 12.8 Å². The van der Waals surface area contributed by atoms with Gasteiger partial charge in [-0.25, -0.2) is 0 Å². The zero-order valence-corrected chi connectivity index (χ0v) is 6.05. The van der Waals surface area contributed by atoms with Gasteiger partial charge in [-0.3, -0.25) is 4.79 Å². The summed E-state index contributed by atoms with van der Waals surface area (Å²) < 4.78 is 0. The van der Waals surface area contributed by atoms with Crippen LogP contribution in [0.2, 0.25) is 0 Å². The third kappa shape index (κ3) is 11.2. The van der Waals surface area contributed by atoms with E-state index in [0.717, 1.165) is 5.92 Å². The summed E-state index contributed by atoms with van der Waals surface area (Å²) in [6.45, 7) is 3.88. The molecule has 1 fully saturated rings. The van der Waals surface area contributed by atoms with Crippen LogP contribution < -0.4 is 0 Å². The molecule has 0 aliphatic heterocycles. The first-order valence-corrected chi connectivity index (χ1v) is 3.38. The zero-order chi connectivity index (χ0) is 7.28. The number of rotatable bonds is 1. The quantitative estimate of drug-likeness (QED) is 0.588. The predicted molar refractivity (Wildman–Crippen MR) is 36.3 cm³/mol. The molecule has 9 heavy (non-hydrogen) atoms. The van der Waals surface area contributed by atoms with Crippen molar-refractivity contribution in [3.8, 4) is 0 Å². The fraction of sp³-hybridized carbons (Fsp3) is 0.857. The van der Waals surface area contributed by atoms with Crippen molar-refractivity contribution in [1.29, 1.82) is 0 Å². The van der Waals surface area contributed by atoms with Crippen molar-refractivity contribution in [2.45, 2.75) is 33.1 Å². The predicted octanol–water partition coefficient (Wildman–Crippen LogP) is 1.90. The molecule has 1 saturated carbocycles. The molecule has 0 radical (unpaired) electrons. The van der Waals surface area contributed by atoms with Gasteiger partial charge < -0.3 is 5.11 Å². The van der Waals surface area contributed by atoms with Crippen LogP contribution in [0.25, 0.3) is 0 Å². The van der Waals surface area contributed by atoms with Crippen LogP contribution in [0, 0.1) is 5.92 Å². The molecule has 0 saturated heterocycles. The molecule has 1 rings (SSSR count). The molecular formula is C7H14O2. The first-order chi connectivity index (χ1) is 4.16. The highest BCUT2D eigenvalue weighted by Gasteiger charge is 2.12. The summed E-state index contributed by atoms with van der Waals surface area (Å²) in [4.78, 5) is 9.37. The maximum absolute atomic E-state index is 9.37. The van der Waals surface area contributed by atoms with E-state index < -0.39 is 5.97 Å². The second-order valence-corrected chi connectivity index (χ2v) is 2.43. The van der Waals surface area contributed by atoms with Crippen molar-refractivity contribution in [3.63, 3.8) is 0 Å². The van der Waals surface area contributed by atoms with E-state index in [4.69, 9.17) is 5.11 Å². The Bertz CT molecular complexity index is 84.9. The Kier molecular flexibility index (Phi) is 4.10. The highest BCUT2D eigenvalue weighted by molar-refractivity contribution is 5.66. The van der Waals surface area contributed by atoms with Crippen LogP contribution in [0.1, 0.15) is 33.1 Å². The van der Waals surface area contributed by atoms with E-state index in [1.807, 2.05) is 0 Å². The highest BCUT2D eigenvalue weighted by Crippen LogP contribution is 2.26. The largest absolute Gasteiger partial charge is 0.481 e. The average Bonchev–Trinajstić information content (AvgIpc) is 2.53. The molecule has 0 bridgehead atoms. The van der Waals surface area contributed by atoms with Crippen molar-refractivity contribution in [1.82, 2.24) is 0 Å². The fourth-order valence-corrected chi connectivity index (χ4v) is 0.167. The van der Waals surface area contributed by atoms with Crippen molar-refractivity contribution < 1.29 is 9.90 Å². The van der Waals surface area contributed by atoms with Crippen LogP contribution in [-0.4, -0.2) is 11.1 Å². The zero-order valence-electron chi connectivity index (χ0n) is 6.05. The summed E-state index contributed by atoms with van der Waals surface area (Å²) in [5.74, 6) is 0.338. The highest BCUT2D eigenvalue weighted by atomic mass is 16.4. The molecule has 1 N–H and O–H groups in total. The van der Waals surface area contributed by atoms with Gasteiger partial charge in [-0.2, -0.15) is 0 Å².